The maximum absolute atomic E-state index is 13.9. The molecule has 0 amide bonds. The Balaban J connectivity index is 2.22. The van der Waals surface area contributed by atoms with E-state index >= 15 is 0 Å². The maximum atomic E-state index is 13.9. The second-order valence-corrected chi connectivity index (χ2v) is 12.3. The number of nitrogens with zero attached hydrogens (tertiary/aromatic N) is 2. The molecule has 2 aromatic rings. The van der Waals surface area contributed by atoms with E-state index < -0.39 is 18.8 Å². The molecule has 3 N–H and O–H groups in total. The van der Waals surface area contributed by atoms with Gasteiger partial charge in [0.2, 0.25) is 5.88 Å². The van der Waals surface area contributed by atoms with Gasteiger partial charge in [0.05, 0.1) is 23.3 Å². The van der Waals surface area contributed by atoms with E-state index in [1.165, 1.54) is 18.2 Å². The first-order valence-corrected chi connectivity index (χ1v) is 12.3. The van der Waals surface area contributed by atoms with E-state index in [9.17, 15) is 19.2 Å². The number of rotatable bonds is 5. The Morgan fingerprint density at radius 1 is 1.19 bits per heavy atom. The topological polar surface area (TPSA) is 96.1 Å². The molecular weight excluding hydrogens is 432 g/mol. The number of aromatic nitrogens is 1. The zero-order valence-electron chi connectivity index (χ0n) is 19.8. The number of anilines is 1. The highest BCUT2D eigenvalue weighted by Crippen LogP contribution is 2.53. The Bertz CT molecular complexity index is 1110. The van der Waals surface area contributed by atoms with E-state index in [0.29, 0.717) is 12.2 Å². The summed E-state index contributed by atoms with van der Waals surface area (Å²) < 4.78 is 39.0. The van der Waals surface area contributed by atoms with Crippen LogP contribution < -0.4 is 10.6 Å². The molecule has 0 fully saturated rings. The van der Waals surface area contributed by atoms with Crippen LogP contribution in [0.15, 0.2) is 23.0 Å². The standard InChI is InChI=1S/C23H33FN3O4P/c1-8-31-32(30)16-10-9-14(24)13-15(16)25-20(26-32)17-18(28)19(23(5,6)7)27(21(17)29)12-11-22(2,3)4/h9-10,13,28-29H,8,11-12H2,1-7H3,(H,25,26,30). The van der Waals surface area contributed by atoms with Crippen molar-refractivity contribution in [3.05, 3.63) is 35.3 Å². The highest BCUT2D eigenvalue weighted by molar-refractivity contribution is 7.66. The van der Waals surface area contributed by atoms with Crippen molar-refractivity contribution in [3.63, 3.8) is 0 Å². The summed E-state index contributed by atoms with van der Waals surface area (Å²) in [7, 11) is -3.75. The van der Waals surface area contributed by atoms with Crippen molar-refractivity contribution in [2.24, 2.45) is 10.2 Å². The van der Waals surface area contributed by atoms with E-state index in [-0.39, 0.29) is 46.0 Å². The summed E-state index contributed by atoms with van der Waals surface area (Å²) in [5.74, 6) is -0.883. The van der Waals surface area contributed by atoms with Crippen LogP contribution in [0.3, 0.4) is 0 Å². The molecule has 1 unspecified atom stereocenters. The molecule has 1 aliphatic heterocycles. The van der Waals surface area contributed by atoms with Gasteiger partial charge in [0.25, 0.3) is 0 Å². The van der Waals surface area contributed by atoms with Gasteiger partial charge < -0.3 is 24.6 Å². The molecule has 32 heavy (non-hydrogen) atoms. The fourth-order valence-electron chi connectivity index (χ4n) is 3.81. The fourth-order valence-corrected chi connectivity index (χ4v) is 5.57. The molecule has 1 aromatic carbocycles. The van der Waals surface area contributed by atoms with Crippen LogP contribution in [0.5, 0.6) is 11.6 Å². The van der Waals surface area contributed by atoms with Gasteiger partial charge >= 0.3 is 7.52 Å². The number of fused-ring (bicyclic) bond motifs is 1. The molecule has 176 valence electrons. The highest BCUT2D eigenvalue weighted by atomic mass is 31.2. The van der Waals surface area contributed by atoms with Crippen LogP contribution in [0.25, 0.3) is 0 Å². The Morgan fingerprint density at radius 2 is 1.84 bits per heavy atom. The first kappa shape index (κ1) is 24.3. The summed E-state index contributed by atoms with van der Waals surface area (Å²) in [6.45, 7) is 14.4. The highest BCUT2D eigenvalue weighted by Gasteiger charge is 2.38. The summed E-state index contributed by atoms with van der Waals surface area (Å²) in [5.41, 5.74) is 0.295. The van der Waals surface area contributed by atoms with Crippen LogP contribution in [-0.4, -0.2) is 27.2 Å². The number of amidine groups is 1. The Morgan fingerprint density at radius 3 is 2.41 bits per heavy atom. The molecule has 0 aliphatic carbocycles. The minimum absolute atomic E-state index is 0.00336. The molecule has 3 rings (SSSR count). The minimum Gasteiger partial charge on any atom is -0.505 e. The van der Waals surface area contributed by atoms with Crippen LogP contribution in [-0.2, 0) is 21.0 Å². The molecular formula is C23H33FN3O4P. The van der Waals surface area contributed by atoms with Crippen molar-refractivity contribution in [2.75, 3.05) is 11.9 Å². The molecule has 2 heterocycles. The summed E-state index contributed by atoms with van der Waals surface area (Å²) in [5, 5.41) is 25.6. The zero-order chi connectivity index (χ0) is 24.1. The summed E-state index contributed by atoms with van der Waals surface area (Å²) in [6, 6.07) is 3.77. The van der Waals surface area contributed by atoms with E-state index in [1.54, 1.807) is 11.5 Å². The normalized spacial score (nSPS) is 18.8. The largest absolute Gasteiger partial charge is 0.505 e. The zero-order valence-corrected chi connectivity index (χ0v) is 20.7. The lowest BCUT2D eigenvalue weighted by Crippen LogP contribution is -2.26. The number of benzene rings is 1. The smallest absolute Gasteiger partial charge is 0.348 e. The quantitative estimate of drug-likeness (QED) is 0.507. The van der Waals surface area contributed by atoms with Gasteiger partial charge in [-0.2, -0.15) is 4.76 Å². The van der Waals surface area contributed by atoms with E-state index in [4.69, 9.17) is 4.52 Å². The van der Waals surface area contributed by atoms with E-state index in [0.717, 1.165) is 6.42 Å². The van der Waals surface area contributed by atoms with Crippen LogP contribution >= 0.6 is 7.52 Å². The van der Waals surface area contributed by atoms with E-state index in [2.05, 4.69) is 30.9 Å². The molecule has 0 saturated heterocycles. The third-order valence-corrected chi connectivity index (χ3v) is 7.37. The third kappa shape index (κ3) is 4.57. The average Bonchev–Trinajstić information content (AvgIpc) is 2.88. The molecule has 1 aromatic heterocycles. The van der Waals surface area contributed by atoms with Gasteiger partial charge in [-0.3, -0.25) is 4.57 Å². The van der Waals surface area contributed by atoms with Crippen molar-refractivity contribution in [1.82, 2.24) is 4.57 Å². The van der Waals surface area contributed by atoms with Crippen LogP contribution in [0.1, 0.15) is 66.1 Å². The molecule has 1 atom stereocenters. The predicted molar refractivity (Wildman–Crippen MR) is 126 cm³/mol. The van der Waals surface area contributed by atoms with E-state index in [1.807, 2.05) is 20.8 Å². The fraction of sp³-hybridized carbons (Fsp3) is 0.522. The van der Waals surface area contributed by atoms with Gasteiger partial charge in [0.1, 0.15) is 11.4 Å². The Kier molecular flexibility index (Phi) is 6.26. The Hall–Kier alpha value is -2.31. The molecule has 0 radical (unpaired) electrons. The predicted octanol–water partition coefficient (Wildman–Crippen LogP) is 5.50. The van der Waals surface area contributed by atoms with Gasteiger partial charge in [0, 0.05) is 12.0 Å². The van der Waals surface area contributed by atoms with Crippen LogP contribution in [0, 0.1) is 11.2 Å². The first-order chi connectivity index (χ1) is 14.7. The third-order valence-electron chi connectivity index (χ3n) is 5.29. The van der Waals surface area contributed by atoms with Crippen molar-refractivity contribution < 1.29 is 23.7 Å². The summed E-state index contributed by atoms with van der Waals surface area (Å²) >= 11 is 0. The number of halogens is 1. The second kappa shape index (κ2) is 8.23. The summed E-state index contributed by atoms with van der Waals surface area (Å²) in [4.78, 5) is 0. The molecule has 0 saturated carbocycles. The van der Waals surface area contributed by atoms with Gasteiger partial charge in [-0.15, -0.1) is 0 Å². The SMILES string of the molecule is CCOP1(=O)N=C(c2c(O)c(C(C)(C)C)n(CCC(C)(C)C)c2O)Nc2cc(F)ccc21. The second-order valence-electron chi connectivity index (χ2n) is 10.3. The lowest BCUT2D eigenvalue weighted by atomic mass is 9.89. The maximum Gasteiger partial charge on any atom is 0.348 e. The molecule has 0 bridgehead atoms. The van der Waals surface area contributed by atoms with Gasteiger partial charge in [-0.25, -0.2) is 4.39 Å². The van der Waals surface area contributed by atoms with Gasteiger partial charge in [-0.05, 0) is 37.0 Å². The van der Waals surface area contributed by atoms with Crippen molar-refractivity contribution >= 4 is 24.3 Å². The number of nitrogens with one attached hydrogen (secondary N) is 1. The molecule has 1 aliphatic rings. The lowest BCUT2D eigenvalue weighted by molar-refractivity contribution is 0.319. The van der Waals surface area contributed by atoms with Crippen LogP contribution in [0.2, 0.25) is 0 Å². The lowest BCUT2D eigenvalue weighted by Gasteiger charge is -2.25. The molecule has 9 heteroatoms. The average molecular weight is 466 g/mol. The first-order valence-electron chi connectivity index (χ1n) is 10.7. The molecule has 7 nitrogen and oxygen atoms in total. The number of hydrogen-bond donors (Lipinski definition) is 3. The van der Waals surface area contributed by atoms with Crippen LogP contribution in [0.4, 0.5) is 10.1 Å². The van der Waals surface area contributed by atoms with Gasteiger partial charge in [0.15, 0.2) is 11.6 Å². The van der Waals surface area contributed by atoms with Gasteiger partial charge in [-0.1, -0.05) is 41.5 Å². The number of hydrogen-bond acceptors (Lipinski definition) is 5. The monoisotopic (exact) mass is 465 g/mol. The Labute approximate surface area is 188 Å². The van der Waals surface area contributed by atoms with Crippen molar-refractivity contribution in [3.8, 4) is 11.6 Å². The molecule has 0 spiro atoms. The summed E-state index contributed by atoms with van der Waals surface area (Å²) in [6.07, 6.45) is 0.753. The minimum atomic E-state index is -3.75. The number of aromatic hydroxyl groups is 2. The van der Waals surface area contributed by atoms with Crippen molar-refractivity contribution in [1.29, 1.82) is 0 Å². The van der Waals surface area contributed by atoms with Crippen molar-refractivity contribution in [2.45, 2.75) is 66.8 Å².